The van der Waals surface area contributed by atoms with Crippen LogP contribution >= 0.6 is 0 Å². The highest BCUT2D eigenvalue weighted by atomic mass is 32.2. The molecule has 0 amide bonds. The Hall–Kier alpha value is -0.940. The van der Waals surface area contributed by atoms with Gasteiger partial charge in [0.15, 0.2) is 9.84 Å². The van der Waals surface area contributed by atoms with E-state index < -0.39 is 20.9 Å². The van der Waals surface area contributed by atoms with Gasteiger partial charge in [-0.15, -0.1) is 0 Å². The third kappa shape index (κ3) is 2.50. The van der Waals surface area contributed by atoms with E-state index in [1.165, 1.54) is 24.3 Å². The molecule has 1 aliphatic rings. The Kier molecular flexibility index (Phi) is 2.99. The van der Waals surface area contributed by atoms with Crippen molar-refractivity contribution in [2.24, 2.45) is 0 Å². The molecule has 1 heterocycles. The molecule has 0 spiro atoms. The molecule has 0 aromatic heterocycles. The maximum absolute atomic E-state index is 12.8. The van der Waals surface area contributed by atoms with E-state index in [1.54, 1.807) is 0 Å². The summed E-state index contributed by atoms with van der Waals surface area (Å²) < 4.78 is 37.3. The van der Waals surface area contributed by atoms with Crippen LogP contribution in [0.5, 0.6) is 0 Å². The number of benzene rings is 1. The molecule has 1 aliphatic heterocycles. The van der Waals surface area contributed by atoms with Gasteiger partial charge >= 0.3 is 0 Å². The summed E-state index contributed by atoms with van der Waals surface area (Å²) in [5.74, 6) is -0.422. The summed E-state index contributed by atoms with van der Waals surface area (Å²) in [4.78, 5) is 0.198. The van der Waals surface area contributed by atoms with Crippen molar-refractivity contribution < 1.29 is 12.8 Å². The van der Waals surface area contributed by atoms with Crippen molar-refractivity contribution in [1.29, 1.82) is 0 Å². The molecule has 0 radical (unpaired) electrons. The lowest BCUT2D eigenvalue weighted by Gasteiger charge is -2.17. The molecule has 2 rings (SSSR count). The predicted molar refractivity (Wildman–Crippen MR) is 64.1 cm³/mol. The summed E-state index contributed by atoms with van der Waals surface area (Å²) in [7, 11) is -3.36. The van der Waals surface area contributed by atoms with Crippen LogP contribution in [0.2, 0.25) is 0 Å². The molecule has 1 N–H and O–H groups in total. The van der Waals surface area contributed by atoms with Crippen molar-refractivity contribution in [2.45, 2.75) is 36.0 Å². The van der Waals surface area contributed by atoms with Crippen molar-refractivity contribution in [2.75, 3.05) is 6.54 Å². The zero-order chi connectivity index (χ0) is 12.7. The van der Waals surface area contributed by atoms with Crippen LogP contribution in [0.4, 0.5) is 4.39 Å². The highest BCUT2D eigenvalue weighted by Crippen LogP contribution is 2.27. The molecule has 17 heavy (non-hydrogen) atoms. The minimum Gasteiger partial charge on any atom is -0.310 e. The predicted octanol–water partition coefficient (Wildman–Crippen LogP) is 1.74. The maximum Gasteiger partial charge on any atom is 0.182 e. The average molecular weight is 257 g/mol. The molecule has 0 saturated carbocycles. The molecule has 1 atom stereocenters. The molecule has 3 nitrogen and oxygen atoms in total. The van der Waals surface area contributed by atoms with Gasteiger partial charge in [0, 0.05) is 12.1 Å². The fraction of sp³-hybridized carbons (Fsp3) is 0.500. The fourth-order valence-electron chi connectivity index (χ4n) is 2.14. The number of nitrogens with one attached hydrogen (secondary N) is 1. The second kappa shape index (κ2) is 4.07. The summed E-state index contributed by atoms with van der Waals surface area (Å²) in [6.45, 7) is 4.41. The number of rotatable bonds is 2. The smallest absolute Gasteiger partial charge is 0.182 e. The quantitative estimate of drug-likeness (QED) is 0.821. The highest BCUT2D eigenvalue weighted by molar-refractivity contribution is 7.92. The van der Waals surface area contributed by atoms with Crippen LogP contribution in [0.25, 0.3) is 0 Å². The first-order valence-electron chi connectivity index (χ1n) is 5.56. The number of halogens is 1. The molecule has 0 bridgehead atoms. The standard InChI is InChI=1S/C12H16FNO2S/c1-12(2)7-11(8-14-12)17(15,16)10-5-3-9(13)4-6-10/h3-6,11,14H,7-8H2,1-2H3/t11-/m1/s1. The summed E-state index contributed by atoms with van der Waals surface area (Å²) in [5.41, 5.74) is -0.155. The van der Waals surface area contributed by atoms with E-state index >= 15 is 0 Å². The molecule has 1 aromatic rings. The maximum atomic E-state index is 12.8. The van der Waals surface area contributed by atoms with Crippen LogP contribution in [0.15, 0.2) is 29.2 Å². The van der Waals surface area contributed by atoms with Gasteiger partial charge in [-0.25, -0.2) is 12.8 Å². The van der Waals surface area contributed by atoms with Crippen LogP contribution < -0.4 is 5.32 Å². The zero-order valence-electron chi connectivity index (χ0n) is 9.90. The largest absolute Gasteiger partial charge is 0.310 e. The summed E-state index contributed by atoms with van der Waals surface area (Å²) >= 11 is 0. The van der Waals surface area contributed by atoms with Crippen molar-refractivity contribution >= 4 is 9.84 Å². The van der Waals surface area contributed by atoms with Gasteiger partial charge in [-0.05, 0) is 44.5 Å². The molecular formula is C12H16FNO2S. The number of sulfone groups is 1. The van der Waals surface area contributed by atoms with Crippen LogP contribution in [-0.4, -0.2) is 25.8 Å². The number of hydrogen-bond acceptors (Lipinski definition) is 3. The minimum absolute atomic E-state index is 0.155. The Morgan fingerprint density at radius 3 is 2.35 bits per heavy atom. The van der Waals surface area contributed by atoms with E-state index in [0.717, 1.165) is 0 Å². The first kappa shape index (κ1) is 12.5. The lowest BCUT2D eigenvalue weighted by Crippen LogP contribution is -2.31. The fourth-order valence-corrected chi connectivity index (χ4v) is 3.98. The Morgan fingerprint density at radius 1 is 1.29 bits per heavy atom. The van der Waals surface area contributed by atoms with Gasteiger partial charge in [0.25, 0.3) is 0 Å². The molecule has 1 aromatic carbocycles. The lowest BCUT2D eigenvalue weighted by atomic mass is 10.0. The van der Waals surface area contributed by atoms with Gasteiger partial charge < -0.3 is 5.32 Å². The Balaban J connectivity index is 2.29. The highest BCUT2D eigenvalue weighted by Gasteiger charge is 2.38. The first-order chi connectivity index (χ1) is 7.81. The van der Waals surface area contributed by atoms with Crippen molar-refractivity contribution in [3.63, 3.8) is 0 Å². The van der Waals surface area contributed by atoms with Crippen molar-refractivity contribution in [1.82, 2.24) is 5.32 Å². The van der Waals surface area contributed by atoms with Crippen LogP contribution in [0.3, 0.4) is 0 Å². The van der Waals surface area contributed by atoms with Gasteiger partial charge in [-0.1, -0.05) is 0 Å². The van der Waals surface area contributed by atoms with Gasteiger partial charge in [0.2, 0.25) is 0 Å². The Labute approximate surface area is 101 Å². The molecule has 1 saturated heterocycles. The molecular weight excluding hydrogens is 241 g/mol. The third-order valence-corrected chi connectivity index (χ3v) is 5.27. The first-order valence-corrected chi connectivity index (χ1v) is 7.10. The summed E-state index contributed by atoms with van der Waals surface area (Å²) in [6.07, 6.45) is 0.576. The summed E-state index contributed by atoms with van der Waals surface area (Å²) in [5, 5.41) is 2.75. The molecule has 1 fully saturated rings. The second-order valence-corrected chi connectivity index (χ2v) is 7.32. The van der Waals surface area contributed by atoms with Crippen LogP contribution in [0.1, 0.15) is 20.3 Å². The van der Waals surface area contributed by atoms with Crippen LogP contribution in [0, 0.1) is 5.82 Å². The normalized spacial score (nSPS) is 23.8. The molecule has 94 valence electrons. The SMILES string of the molecule is CC1(C)C[C@@H](S(=O)(=O)c2ccc(F)cc2)CN1. The molecule has 0 unspecified atom stereocenters. The second-order valence-electron chi connectivity index (χ2n) is 5.09. The van der Waals surface area contributed by atoms with Crippen LogP contribution in [-0.2, 0) is 9.84 Å². The molecule has 5 heteroatoms. The van der Waals surface area contributed by atoms with E-state index in [2.05, 4.69) is 5.32 Å². The van der Waals surface area contributed by atoms with E-state index in [9.17, 15) is 12.8 Å². The Bertz CT molecular complexity index is 508. The van der Waals surface area contributed by atoms with Gasteiger partial charge in [-0.3, -0.25) is 0 Å². The van der Waals surface area contributed by atoms with E-state index in [1.807, 2.05) is 13.8 Å². The van der Waals surface area contributed by atoms with E-state index in [4.69, 9.17) is 0 Å². The van der Waals surface area contributed by atoms with Crippen molar-refractivity contribution in [3.8, 4) is 0 Å². The van der Waals surface area contributed by atoms with Gasteiger partial charge in [-0.2, -0.15) is 0 Å². The summed E-state index contributed by atoms with van der Waals surface area (Å²) in [6, 6.07) is 5.02. The van der Waals surface area contributed by atoms with E-state index in [-0.39, 0.29) is 10.4 Å². The van der Waals surface area contributed by atoms with Gasteiger partial charge in [0.1, 0.15) is 5.82 Å². The lowest BCUT2D eigenvalue weighted by molar-refractivity contribution is 0.459. The average Bonchev–Trinajstić information content (AvgIpc) is 2.60. The monoisotopic (exact) mass is 257 g/mol. The minimum atomic E-state index is -3.36. The zero-order valence-corrected chi connectivity index (χ0v) is 10.7. The molecule has 0 aliphatic carbocycles. The van der Waals surface area contributed by atoms with Gasteiger partial charge in [0.05, 0.1) is 10.1 Å². The third-order valence-electron chi connectivity index (χ3n) is 3.13. The Morgan fingerprint density at radius 2 is 1.88 bits per heavy atom. The van der Waals surface area contributed by atoms with Crippen molar-refractivity contribution in [3.05, 3.63) is 30.1 Å². The number of hydrogen-bond donors (Lipinski definition) is 1. The topological polar surface area (TPSA) is 46.2 Å². The van der Waals surface area contributed by atoms with E-state index in [0.29, 0.717) is 13.0 Å².